The zero-order valence-corrected chi connectivity index (χ0v) is 18.4. The second kappa shape index (κ2) is 11.6. The molecule has 0 unspecified atom stereocenters. The first-order chi connectivity index (χ1) is 14.4. The first-order valence-electron chi connectivity index (χ1n) is 9.70. The van der Waals surface area contributed by atoms with Gasteiger partial charge in [0.25, 0.3) is 0 Å². The van der Waals surface area contributed by atoms with Gasteiger partial charge in [-0.05, 0) is 48.7 Å². The Hall–Kier alpha value is -2.49. The standard InChI is InChI=1S/C21H29FN4O3S/c1-4-23-21(25-15-18-9-8-16(2)20(22)13-18)24-14-17-6-5-7-19(12-17)30(27,28)26-10-11-29-3/h5-9,12-13,26H,4,10-11,14-15H2,1-3H3,(H2,23,24,25). The van der Waals surface area contributed by atoms with Crippen molar-refractivity contribution in [1.29, 1.82) is 0 Å². The summed E-state index contributed by atoms with van der Waals surface area (Å²) in [6, 6.07) is 11.7. The summed E-state index contributed by atoms with van der Waals surface area (Å²) in [5.41, 5.74) is 2.16. The monoisotopic (exact) mass is 436 g/mol. The number of nitrogens with one attached hydrogen (secondary N) is 3. The number of halogens is 1. The van der Waals surface area contributed by atoms with Crippen molar-refractivity contribution in [2.75, 3.05) is 26.8 Å². The van der Waals surface area contributed by atoms with Crippen molar-refractivity contribution in [3.63, 3.8) is 0 Å². The van der Waals surface area contributed by atoms with E-state index in [0.717, 1.165) is 11.1 Å². The summed E-state index contributed by atoms with van der Waals surface area (Å²) in [7, 11) is -2.09. The van der Waals surface area contributed by atoms with E-state index in [2.05, 4.69) is 20.3 Å². The minimum atomic E-state index is -3.60. The van der Waals surface area contributed by atoms with Gasteiger partial charge >= 0.3 is 0 Å². The van der Waals surface area contributed by atoms with Crippen LogP contribution in [0.5, 0.6) is 0 Å². The lowest BCUT2D eigenvalue weighted by Gasteiger charge is -2.12. The molecule has 30 heavy (non-hydrogen) atoms. The molecule has 0 fully saturated rings. The number of nitrogens with zero attached hydrogens (tertiary/aromatic N) is 1. The molecule has 0 saturated heterocycles. The van der Waals surface area contributed by atoms with Gasteiger partial charge in [-0.1, -0.05) is 24.3 Å². The predicted octanol–water partition coefficient (Wildman–Crippen LogP) is 2.31. The highest BCUT2D eigenvalue weighted by molar-refractivity contribution is 7.89. The fourth-order valence-corrected chi connectivity index (χ4v) is 3.70. The van der Waals surface area contributed by atoms with E-state index in [1.165, 1.54) is 19.2 Å². The quantitative estimate of drug-likeness (QED) is 0.302. The molecule has 0 aliphatic rings. The van der Waals surface area contributed by atoms with Crippen molar-refractivity contribution < 1.29 is 17.5 Å². The average molecular weight is 437 g/mol. The third-order valence-corrected chi connectivity index (χ3v) is 5.73. The van der Waals surface area contributed by atoms with E-state index in [4.69, 9.17) is 4.74 Å². The third kappa shape index (κ3) is 7.40. The molecular weight excluding hydrogens is 407 g/mol. The van der Waals surface area contributed by atoms with E-state index >= 15 is 0 Å². The smallest absolute Gasteiger partial charge is 0.240 e. The molecule has 0 aromatic heterocycles. The topological polar surface area (TPSA) is 91.8 Å². The molecule has 2 rings (SSSR count). The highest BCUT2D eigenvalue weighted by Gasteiger charge is 2.13. The summed E-state index contributed by atoms with van der Waals surface area (Å²) in [5, 5.41) is 6.29. The second-order valence-corrected chi connectivity index (χ2v) is 8.44. The first kappa shape index (κ1) is 23.8. The Kier molecular flexibility index (Phi) is 9.22. The molecule has 9 heteroatoms. The molecule has 2 aromatic carbocycles. The summed E-state index contributed by atoms with van der Waals surface area (Å²) in [6.45, 7) is 5.54. The van der Waals surface area contributed by atoms with E-state index in [9.17, 15) is 12.8 Å². The molecule has 0 amide bonds. The lowest BCUT2D eigenvalue weighted by Crippen LogP contribution is -2.36. The molecule has 0 bridgehead atoms. The van der Waals surface area contributed by atoms with Gasteiger partial charge in [0.1, 0.15) is 5.82 Å². The largest absolute Gasteiger partial charge is 0.383 e. The Morgan fingerprint density at radius 1 is 1.13 bits per heavy atom. The number of hydrogen-bond donors (Lipinski definition) is 3. The molecule has 0 saturated carbocycles. The maximum Gasteiger partial charge on any atom is 0.240 e. The molecule has 3 N–H and O–H groups in total. The average Bonchev–Trinajstić information content (AvgIpc) is 2.73. The van der Waals surface area contributed by atoms with Gasteiger partial charge in [0.15, 0.2) is 5.96 Å². The van der Waals surface area contributed by atoms with Gasteiger partial charge in [-0.15, -0.1) is 0 Å². The Bertz CT molecular complexity index is 964. The van der Waals surface area contributed by atoms with E-state index in [-0.39, 0.29) is 17.3 Å². The normalized spacial score (nSPS) is 12.1. The zero-order chi connectivity index (χ0) is 22.0. The summed E-state index contributed by atoms with van der Waals surface area (Å²) < 4.78 is 45.8. The molecule has 2 aromatic rings. The van der Waals surface area contributed by atoms with Crippen LogP contribution in [0.25, 0.3) is 0 Å². The van der Waals surface area contributed by atoms with Crippen LogP contribution in [0.3, 0.4) is 0 Å². The van der Waals surface area contributed by atoms with Crippen LogP contribution in [0.2, 0.25) is 0 Å². The molecule has 0 heterocycles. The lowest BCUT2D eigenvalue weighted by molar-refractivity contribution is 0.204. The Morgan fingerprint density at radius 3 is 2.63 bits per heavy atom. The molecule has 0 radical (unpaired) electrons. The minimum Gasteiger partial charge on any atom is -0.383 e. The summed E-state index contributed by atoms with van der Waals surface area (Å²) >= 11 is 0. The zero-order valence-electron chi connectivity index (χ0n) is 17.5. The van der Waals surface area contributed by atoms with Crippen molar-refractivity contribution in [3.8, 4) is 0 Å². The van der Waals surface area contributed by atoms with E-state index < -0.39 is 10.0 Å². The molecule has 0 aliphatic heterocycles. The van der Waals surface area contributed by atoms with Gasteiger partial charge in [-0.25, -0.2) is 22.5 Å². The summed E-state index contributed by atoms with van der Waals surface area (Å²) in [4.78, 5) is 4.68. The number of aliphatic imine (C=N–C) groups is 1. The second-order valence-electron chi connectivity index (χ2n) is 6.67. The number of aryl methyl sites for hydroxylation is 1. The summed E-state index contributed by atoms with van der Waals surface area (Å²) in [5.74, 6) is 0.318. The van der Waals surface area contributed by atoms with Crippen LogP contribution in [0.15, 0.2) is 52.4 Å². The van der Waals surface area contributed by atoms with Crippen LogP contribution >= 0.6 is 0 Å². The Labute approximate surface area is 177 Å². The molecule has 0 atom stereocenters. The highest BCUT2D eigenvalue weighted by atomic mass is 32.2. The van der Waals surface area contributed by atoms with Gasteiger partial charge in [0.2, 0.25) is 10.0 Å². The third-order valence-electron chi connectivity index (χ3n) is 4.27. The van der Waals surface area contributed by atoms with E-state index in [1.54, 1.807) is 25.1 Å². The van der Waals surface area contributed by atoms with Crippen LogP contribution in [0, 0.1) is 12.7 Å². The van der Waals surface area contributed by atoms with E-state index in [1.807, 2.05) is 19.1 Å². The maximum atomic E-state index is 13.7. The predicted molar refractivity (Wildman–Crippen MR) is 116 cm³/mol. The van der Waals surface area contributed by atoms with Crippen molar-refractivity contribution >= 4 is 16.0 Å². The van der Waals surface area contributed by atoms with Crippen LogP contribution in [-0.2, 0) is 27.8 Å². The van der Waals surface area contributed by atoms with Crippen LogP contribution in [-0.4, -0.2) is 41.2 Å². The fourth-order valence-electron chi connectivity index (χ4n) is 2.62. The summed E-state index contributed by atoms with van der Waals surface area (Å²) in [6.07, 6.45) is 0. The van der Waals surface area contributed by atoms with Gasteiger partial charge in [-0.3, -0.25) is 0 Å². The first-order valence-corrected chi connectivity index (χ1v) is 11.2. The van der Waals surface area contributed by atoms with Crippen LogP contribution in [0.1, 0.15) is 23.6 Å². The van der Waals surface area contributed by atoms with E-state index in [0.29, 0.717) is 37.8 Å². The lowest BCUT2D eigenvalue weighted by atomic mass is 10.1. The minimum absolute atomic E-state index is 0.180. The van der Waals surface area contributed by atoms with Gasteiger partial charge < -0.3 is 15.4 Å². The van der Waals surface area contributed by atoms with Crippen LogP contribution < -0.4 is 15.4 Å². The molecule has 0 aliphatic carbocycles. The maximum absolute atomic E-state index is 13.7. The SMILES string of the molecule is CCNC(=NCc1cccc(S(=O)(=O)NCCOC)c1)NCc1ccc(C)c(F)c1. The fraction of sp³-hybridized carbons (Fsp3) is 0.381. The Balaban J connectivity index is 2.05. The molecule has 7 nitrogen and oxygen atoms in total. The van der Waals surface area contributed by atoms with Gasteiger partial charge in [0.05, 0.1) is 18.0 Å². The Morgan fingerprint density at radius 2 is 1.93 bits per heavy atom. The number of methoxy groups -OCH3 is 1. The van der Waals surface area contributed by atoms with Crippen molar-refractivity contribution in [1.82, 2.24) is 15.4 Å². The van der Waals surface area contributed by atoms with Gasteiger partial charge in [-0.2, -0.15) is 0 Å². The van der Waals surface area contributed by atoms with Crippen molar-refractivity contribution in [3.05, 3.63) is 65.0 Å². The number of sulfonamides is 1. The number of hydrogen-bond acceptors (Lipinski definition) is 4. The number of ether oxygens (including phenoxy) is 1. The number of rotatable bonds is 10. The highest BCUT2D eigenvalue weighted by Crippen LogP contribution is 2.12. The molecule has 164 valence electrons. The van der Waals surface area contributed by atoms with Crippen molar-refractivity contribution in [2.24, 2.45) is 4.99 Å². The van der Waals surface area contributed by atoms with Gasteiger partial charge in [0, 0.05) is 26.7 Å². The van der Waals surface area contributed by atoms with Crippen molar-refractivity contribution in [2.45, 2.75) is 31.8 Å². The number of benzene rings is 2. The molecular formula is C21H29FN4O3S. The number of guanidine groups is 1. The molecule has 0 spiro atoms. The van der Waals surface area contributed by atoms with Crippen LogP contribution in [0.4, 0.5) is 4.39 Å².